The number of imidazole rings is 1. The molecule has 0 aliphatic heterocycles. The molecule has 2 heterocycles. The standard InChI is InChI=1S/C17H14Cl2F3N3O4S/c1-8-13(29-2)4-3-10(18)14(8)30(27,28)24-16(26)12-7-25-6-9(17(20,21)22)5-11(19)15(25)23-12/h3-8,14H,1-2H3,(H,24,26). The lowest BCUT2D eigenvalue weighted by atomic mass is 10.00. The molecule has 0 saturated heterocycles. The molecule has 13 heteroatoms. The van der Waals surface area contributed by atoms with Crippen LogP contribution in [0.1, 0.15) is 23.0 Å². The summed E-state index contributed by atoms with van der Waals surface area (Å²) in [5.41, 5.74) is -1.63. The Morgan fingerprint density at radius 2 is 1.93 bits per heavy atom. The second-order valence-corrected chi connectivity index (χ2v) is 9.09. The number of ether oxygens (including phenoxy) is 1. The van der Waals surface area contributed by atoms with Gasteiger partial charge < -0.3 is 9.14 Å². The minimum atomic E-state index is -4.67. The highest BCUT2D eigenvalue weighted by molar-refractivity contribution is 7.91. The van der Waals surface area contributed by atoms with Crippen molar-refractivity contribution in [3.63, 3.8) is 0 Å². The van der Waals surface area contributed by atoms with Gasteiger partial charge >= 0.3 is 6.18 Å². The minimum Gasteiger partial charge on any atom is -0.501 e. The molecular weight excluding hydrogens is 470 g/mol. The van der Waals surface area contributed by atoms with Crippen molar-refractivity contribution in [1.82, 2.24) is 14.1 Å². The van der Waals surface area contributed by atoms with Gasteiger partial charge in [0, 0.05) is 23.3 Å². The van der Waals surface area contributed by atoms with Gasteiger partial charge in [0.25, 0.3) is 5.91 Å². The first-order chi connectivity index (χ1) is 13.8. The Labute approximate surface area is 179 Å². The minimum absolute atomic E-state index is 0.0311. The summed E-state index contributed by atoms with van der Waals surface area (Å²) in [7, 11) is -2.97. The third-order valence-electron chi connectivity index (χ3n) is 4.45. The van der Waals surface area contributed by atoms with E-state index in [-0.39, 0.29) is 15.7 Å². The van der Waals surface area contributed by atoms with Gasteiger partial charge in [-0.3, -0.25) is 4.79 Å². The molecule has 0 spiro atoms. The fourth-order valence-corrected chi connectivity index (χ4v) is 5.43. The zero-order valence-corrected chi connectivity index (χ0v) is 17.7. The fourth-order valence-electron chi connectivity index (χ4n) is 3.03. The van der Waals surface area contributed by atoms with Crippen molar-refractivity contribution in [2.45, 2.75) is 18.3 Å². The molecule has 0 aromatic carbocycles. The van der Waals surface area contributed by atoms with Gasteiger partial charge in [0.15, 0.2) is 5.65 Å². The van der Waals surface area contributed by atoms with Crippen LogP contribution in [0.25, 0.3) is 5.65 Å². The van der Waals surface area contributed by atoms with Crippen LogP contribution in [0.5, 0.6) is 0 Å². The first-order valence-corrected chi connectivity index (χ1v) is 10.6. The lowest BCUT2D eigenvalue weighted by Crippen LogP contribution is -2.43. The van der Waals surface area contributed by atoms with E-state index in [1.165, 1.54) is 19.3 Å². The molecule has 0 radical (unpaired) electrons. The first kappa shape index (κ1) is 22.4. The lowest BCUT2D eigenvalue weighted by molar-refractivity contribution is -0.137. The molecule has 162 valence electrons. The smallest absolute Gasteiger partial charge is 0.417 e. The molecule has 2 unspecified atom stereocenters. The zero-order chi connectivity index (χ0) is 22.4. The van der Waals surface area contributed by atoms with E-state index < -0.39 is 44.5 Å². The number of nitrogens with zero attached hydrogens (tertiary/aromatic N) is 2. The number of aromatic nitrogens is 2. The number of sulfonamides is 1. The van der Waals surface area contributed by atoms with E-state index >= 15 is 0 Å². The number of fused-ring (bicyclic) bond motifs is 1. The predicted molar refractivity (Wildman–Crippen MR) is 104 cm³/mol. The van der Waals surface area contributed by atoms with Gasteiger partial charge in [-0.15, -0.1) is 0 Å². The number of carbonyl (C=O) groups excluding carboxylic acids is 1. The summed E-state index contributed by atoms with van der Waals surface area (Å²) in [6.45, 7) is 1.56. The number of hydrogen-bond acceptors (Lipinski definition) is 5. The summed E-state index contributed by atoms with van der Waals surface area (Å²) in [4.78, 5) is 16.3. The van der Waals surface area contributed by atoms with Crippen LogP contribution in [-0.2, 0) is 20.9 Å². The number of amides is 1. The molecule has 30 heavy (non-hydrogen) atoms. The molecular formula is C17H14Cl2F3N3O4S. The summed E-state index contributed by atoms with van der Waals surface area (Å²) in [5.74, 6) is -1.49. The number of carbonyl (C=O) groups is 1. The number of methoxy groups -OCH3 is 1. The maximum absolute atomic E-state index is 12.9. The molecule has 0 fully saturated rings. The molecule has 2 atom stereocenters. The summed E-state index contributed by atoms with van der Waals surface area (Å²) in [5, 5.41) is -1.69. The maximum Gasteiger partial charge on any atom is 0.417 e. The van der Waals surface area contributed by atoms with Gasteiger partial charge in [-0.1, -0.05) is 30.1 Å². The number of alkyl halides is 3. The monoisotopic (exact) mass is 483 g/mol. The zero-order valence-electron chi connectivity index (χ0n) is 15.4. The van der Waals surface area contributed by atoms with E-state index in [0.29, 0.717) is 18.0 Å². The Hall–Kier alpha value is -2.24. The third-order valence-corrected chi connectivity index (χ3v) is 7.02. The van der Waals surface area contributed by atoms with Crippen molar-refractivity contribution >= 4 is 44.8 Å². The van der Waals surface area contributed by atoms with Gasteiger partial charge in [-0.05, 0) is 18.2 Å². The molecule has 2 aromatic heterocycles. The van der Waals surface area contributed by atoms with Gasteiger partial charge in [0.2, 0.25) is 10.0 Å². The van der Waals surface area contributed by atoms with Gasteiger partial charge in [0.1, 0.15) is 16.7 Å². The van der Waals surface area contributed by atoms with Crippen LogP contribution in [0, 0.1) is 5.92 Å². The van der Waals surface area contributed by atoms with E-state index in [9.17, 15) is 26.4 Å². The molecule has 1 aliphatic carbocycles. The number of nitrogens with one attached hydrogen (secondary N) is 1. The van der Waals surface area contributed by atoms with Crippen LogP contribution in [0.3, 0.4) is 0 Å². The number of allylic oxidation sites excluding steroid dienone is 3. The van der Waals surface area contributed by atoms with Crippen LogP contribution in [0.2, 0.25) is 5.02 Å². The number of halogens is 5. The molecule has 1 N–H and O–H groups in total. The Bertz CT molecular complexity index is 1190. The lowest BCUT2D eigenvalue weighted by Gasteiger charge is -2.27. The molecule has 1 aliphatic rings. The predicted octanol–water partition coefficient (Wildman–Crippen LogP) is 3.74. The van der Waals surface area contributed by atoms with E-state index in [1.807, 2.05) is 4.72 Å². The van der Waals surface area contributed by atoms with Crippen LogP contribution in [0.15, 0.2) is 41.4 Å². The summed E-state index contributed by atoms with van der Waals surface area (Å²) < 4.78 is 72.2. The average Bonchev–Trinajstić information content (AvgIpc) is 3.05. The number of hydrogen-bond donors (Lipinski definition) is 1. The highest BCUT2D eigenvalue weighted by Gasteiger charge is 2.39. The Balaban J connectivity index is 1.92. The van der Waals surface area contributed by atoms with E-state index in [2.05, 4.69) is 4.98 Å². The van der Waals surface area contributed by atoms with Gasteiger partial charge in [-0.2, -0.15) is 13.2 Å². The molecule has 1 amide bonds. The van der Waals surface area contributed by atoms with Crippen LogP contribution >= 0.6 is 23.2 Å². The van der Waals surface area contributed by atoms with Crippen molar-refractivity contribution in [2.75, 3.05) is 7.11 Å². The Morgan fingerprint density at radius 3 is 2.53 bits per heavy atom. The van der Waals surface area contributed by atoms with E-state index in [4.69, 9.17) is 27.9 Å². The van der Waals surface area contributed by atoms with Gasteiger partial charge in [0.05, 0.1) is 17.7 Å². The number of pyridine rings is 1. The average molecular weight is 484 g/mol. The van der Waals surface area contributed by atoms with Crippen LogP contribution in [0.4, 0.5) is 13.2 Å². The van der Waals surface area contributed by atoms with Crippen molar-refractivity contribution in [1.29, 1.82) is 0 Å². The fraction of sp³-hybridized carbons (Fsp3) is 0.294. The van der Waals surface area contributed by atoms with Crippen molar-refractivity contribution in [2.24, 2.45) is 5.92 Å². The van der Waals surface area contributed by atoms with Crippen LogP contribution in [-0.4, -0.2) is 36.1 Å². The van der Waals surface area contributed by atoms with Crippen molar-refractivity contribution in [3.8, 4) is 0 Å². The maximum atomic E-state index is 12.9. The quantitative estimate of drug-likeness (QED) is 0.715. The second kappa shape index (κ2) is 7.78. The highest BCUT2D eigenvalue weighted by Crippen LogP contribution is 2.34. The largest absolute Gasteiger partial charge is 0.501 e. The normalized spacial score (nSPS) is 20.0. The second-order valence-electron chi connectivity index (χ2n) is 6.44. The molecule has 0 bridgehead atoms. The summed E-state index contributed by atoms with van der Waals surface area (Å²) >= 11 is 11.9. The third kappa shape index (κ3) is 4.14. The summed E-state index contributed by atoms with van der Waals surface area (Å²) in [6, 6.07) is 0.662. The Kier molecular flexibility index (Phi) is 5.82. The SMILES string of the molecule is COC1=CC=C(Cl)C(S(=O)(=O)NC(=O)c2cn3cc(C(F)(F)F)cc(Cl)c3n2)C1C. The molecule has 0 saturated carbocycles. The highest BCUT2D eigenvalue weighted by atomic mass is 35.5. The topological polar surface area (TPSA) is 89.8 Å². The summed E-state index contributed by atoms with van der Waals surface area (Å²) in [6.07, 6.45) is -0.163. The van der Waals surface area contributed by atoms with Crippen molar-refractivity contribution < 1.29 is 31.1 Å². The van der Waals surface area contributed by atoms with Crippen LogP contribution < -0.4 is 4.72 Å². The van der Waals surface area contributed by atoms with Crippen molar-refractivity contribution in [3.05, 3.63) is 57.7 Å². The molecule has 7 nitrogen and oxygen atoms in total. The molecule has 3 rings (SSSR count). The number of rotatable bonds is 4. The molecule has 2 aromatic rings. The Morgan fingerprint density at radius 1 is 1.27 bits per heavy atom. The van der Waals surface area contributed by atoms with E-state index in [1.54, 1.807) is 6.92 Å². The van der Waals surface area contributed by atoms with E-state index in [0.717, 1.165) is 10.6 Å². The van der Waals surface area contributed by atoms with Gasteiger partial charge in [-0.25, -0.2) is 18.1 Å². The first-order valence-electron chi connectivity index (χ1n) is 8.28.